The van der Waals surface area contributed by atoms with Crippen LogP contribution in [-0.2, 0) is 14.8 Å². The van der Waals surface area contributed by atoms with Gasteiger partial charge in [-0.2, -0.15) is 4.31 Å². The number of hydrogen-bond acceptors (Lipinski definition) is 6. The number of benzene rings is 2. The first-order valence-electron chi connectivity index (χ1n) is 14.2. The molecule has 0 saturated carbocycles. The summed E-state index contributed by atoms with van der Waals surface area (Å²) in [5.74, 6) is 0.114. The van der Waals surface area contributed by atoms with Gasteiger partial charge in [-0.3, -0.25) is 9.69 Å². The second-order valence-electron chi connectivity index (χ2n) is 10.5. The van der Waals surface area contributed by atoms with Crippen LogP contribution in [0.15, 0.2) is 47.4 Å². The van der Waals surface area contributed by atoms with E-state index in [0.717, 1.165) is 54.3 Å². The van der Waals surface area contributed by atoms with Crippen LogP contribution in [0.5, 0.6) is 0 Å². The molecule has 39 heavy (non-hydrogen) atoms. The first kappa shape index (κ1) is 29.6. The topological polar surface area (TPSA) is 79.8 Å². The van der Waals surface area contributed by atoms with Gasteiger partial charge in [0.05, 0.1) is 27.8 Å². The highest BCUT2D eigenvalue weighted by atomic mass is 32.2. The van der Waals surface area contributed by atoms with Crippen molar-refractivity contribution >= 4 is 42.6 Å². The average molecular weight is 572 g/mol. The molecule has 2 aromatic carbocycles. The number of carbonyl (C=O) groups excluding carboxylic acids is 1. The van der Waals surface area contributed by atoms with E-state index in [1.165, 1.54) is 11.3 Å². The Kier molecular flexibility index (Phi) is 10.1. The van der Waals surface area contributed by atoms with E-state index in [2.05, 4.69) is 33.8 Å². The minimum atomic E-state index is -3.63. The lowest BCUT2D eigenvalue weighted by atomic mass is 10.0. The summed E-state index contributed by atoms with van der Waals surface area (Å²) < 4.78 is 35.3. The van der Waals surface area contributed by atoms with E-state index in [4.69, 9.17) is 9.72 Å². The van der Waals surface area contributed by atoms with Gasteiger partial charge in [0.2, 0.25) is 10.0 Å². The molecule has 3 aromatic rings. The minimum absolute atomic E-state index is 0.0455. The van der Waals surface area contributed by atoms with Crippen molar-refractivity contribution in [3.63, 3.8) is 0 Å². The summed E-state index contributed by atoms with van der Waals surface area (Å²) >= 11 is 1.51. The Labute approximate surface area is 237 Å². The van der Waals surface area contributed by atoms with Gasteiger partial charge in [-0.1, -0.05) is 64.0 Å². The predicted molar refractivity (Wildman–Crippen MR) is 159 cm³/mol. The first-order valence-corrected chi connectivity index (χ1v) is 16.4. The van der Waals surface area contributed by atoms with Crippen molar-refractivity contribution in [2.24, 2.45) is 0 Å². The number of anilines is 1. The van der Waals surface area contributed by atoms with Crippen molar-refractivity contribution in [3.05, 3.63) is 53.6 Å². The van der Waals surface area contributed by atoms with Crippen molar-refractivity contribution in [2.75, 3.05) is 31.1 Å². The lowest BCUT2D eigenvalue weighted by Crippen LogP contribution is -2.37. The third kappa shape index (κ3) is 6.88. The van der Waals surface area contributed by atoms with Gasteiger partial charge in [0.25, 0.3) is 5.91 Å². The Morgan fingerprint density at radius 1 is 1.08 bits per heavy atom. The van der Waals surface area contributed by atoms with Crippen molar-refractivity contribution in [1.29, 1.82) is 0 Å². The molecule has 9 heteroatoms. The van der Waals surface area contributed by atoms with Gasteiger partial charge in [0.1, 0.15) is 0 Å². The average Bonchev–Trinajstić information content (AvgIpc) is 3.61. The van der Waals surface area contributed by atoms with Crippen LogP contribution in [0, 0.1) is 0 Å². The van der Waals surface area contributed by atoms with Crippen molar-refractivity contribution in [3.8, 4) is 0 Å². The highest BCUT2D eigenvalue weighted by Crippen LogP contribution is 2.35. The summed E-state index contributed by atoms with van der Waals surface area (Å²) in [5.41, 5.74) is 2.52. The van der Waals surface area contributed by atoms with Gasteiger partial charge in [0, 0.05) is 25.3 Å². The number of unbranched alkanes of at least 4 members (excludes halogenated alkanes) is 2. The maximum atomic E-state index is 13.9. The fraction of sp³-hybridized carbons (Fsp3) is 0.533. The first-order chi connectivity index (χ1) is 18.8. The van der Waals surface area contributed by atoms with E-state index >= 15 is 0 Å². The standard InChI is InChI=1S/C30H41N3O4S2/c1-5-7-18-32(19-8-6-2)39(35,36)25-16-14-23(15-17-25)29(34)33(21-24-11-10-20-37-24)30-31-28-26(22(3)4)12-9-13-27(28)38-30/h9,12-17,22,24H,5-8,10-11,18-21H2,1-4H3. The quantitative estimate of drug-likeness (QED) is 0.225. The van der Waals surface area contributed by atoms with E-state index < -0.39 is 10.0 Å². The molecule has 1 atom stereocenters. The van der Waals surface area contributed by atoms with E-state index in [0.29, 0.717) is 42.9 Å². The zero-order valence-electron chi connectivity index (χ0n) is 23.6. The highest BCUT2D eigenvalue weighted by Gasteiger charge is 2.29. The van der Waals surface area contributed by atoms with Crippen molar-refractivity contribution in [2.45, 2.75) is 83.1 Å². The van der Waals surface area contributed by atoms with Gasteiger partial charge in [0.15, 0.2) is 5.13 Å². The summed E-state index contributed by atoms with van der Waals surface area (Å²) in [6.07, 6.45) is 5.32. The van der Waals surface area contributed by atoms with E-state index in [-0.39, 0.29) is 16.9 Å². The molecule has 1 aromatic heterocycles. The minimum Gasteiger partial charge on any atom is -0.376 e. The molecule has 212 valence electrons. The predicted octanol–water partition coefficient (Wildman–Crippen LogP) is 6.84. The second-order valence-corrected chi connectivity index (χ2v) is 13.5. The largest absolute Gasteiger partial charge is 0.376 e. The lowest BCUT2D eigenvalue weighted by molar-refractivity contribution is 0.0917. The molecule has 1 amide bonds. The maximum Gasteiger partial charge on any atom is 0.260 e. The number of hydrogen-bond donors (Lipinski definition) is 0. The number of ether oxygens (including phenoxy) is 1. The zero-order valence-corrected chi connectivity index (χ0v) is 25.2. The van der Waals surface area contributed by atoms with Gasteiger partial charge in [-0.05, 0) is 67.5 Å². The molecule has 2 heterocycles. The second kappa shape index (κ2) is 13.4. The number of aromatic nitrogens is 1. The Hall–Kier alpha value is -2.33. The lowest BCUT2D eigenvalue weighted by Gasteiger charge is -2.24. The van der Waals surface area contributed by atoms with Gasteiger partial charge in [-0.15, -0.1) is 0 Å². The monoisotopic (exact) mass is 571 g/mol. The van der Waals surface area contributed by atoms with Gasteiger partial charge >= 0.3 is 0 Å². The molecule has 0 radical (unpaired) electrons. The molecule has 1 aliphatic rings. The van der Waals surface area contributed by atoms with Crippen LogP contribution in [0.2, 0.25) is 0 Å². The molecule has 7 nitrogen and oxygen atoms in total. The molecule has 0 spiro atoms. The van der Waals surface area contributed by atoms with Crippen LogP contribution in [0.1, 0.15) is 88.1 Å². The third-order valence-electron chi connectivity index (χ3n) is 7.21. The summed E-state index contributed by atoms with van der Waals surface area (Å²) in [5, 5.41) is 0.639. The number of nitrogens with zero attached hydrogens (tertiary/aromatic N) is 3. The number of fused-ring (bicyclic) bond motifs is 1. The van der Waals surface area contributed by atoms with Crippen LogP contribution in [0.3, 0.4) is 0 Å². The van der Waals surface area contributed by atoms with E-state index in [1.54, 1.807) is 33.5 Å². The van der Waals surface area contributed by atoms with Crippen molar-refractivity contribution in [1.82, 2.24) is 9.29 Å². The number of thiazole rings is 1. The molecular formula is C30H41N3O4S2. The molecule has 1 fully saturated rings. The molecule has 1 unspecified atom stereocenters. The maximum absolute atomic E-state index is 13.9. The normalized spacial score (nSPS) is 16.0. The summed E-state index contributed by atoms with van der Waals surface area (Å²) in [7, 11) is -3.63. The smallest absolute Gasteiger partial charge is 0.260 e. The van der Waals surface area contributed by atoms with Crippen LogP contribution >= 0.6 is 11.3 Å². The number of amides is 1. The number of rotatable bonds is 13. The van der Waals surface area contributed by atoms with Crippen molar-refractivity contribution < 1.29 is 17.9 Å². The fourth-order valence-corrected chi connectivity index (χ4v) is 7.40. The van der Waals surface area contributed by atoms with Crippen LogP contribution < -0.4 is 4.90 Å². The molecule has 0 bridgehead atoms. The summed E-state index contributed by atoms with van der Waals surface area (Å²) in [4.78, 5) is 20.7. The molecular weight excluding hydrogens is 530 g/mol. The number of sulfonamides is 1. The molecule has 4 rings (SSSR count). The number of para-hydroxylation sites is 1. The van der Waals surface area contributed by atoms with Crippen LogP contribution in [0.4, 0.5) is 5.13 Å². The van der Waals surface area contributed by atoms with Gasteiger partial charge < -0.3 is 4.74 Å². The third-order valence-corrected chi connectivity index (χ3v) is 10.2. The summed E-state index contributed by atoms with van der Waals surface area (Å²) in [6, 6.07) is 12.5. The molecule has 1 saturated heterocycles. The Balaban J connectivity index is 1.64. The Morgan fingerprint density at radius 3 is 2.36 bits per heavy atom. The fourth-order valence-electron chi connectivity index (χ4n) is 4.87. The van der Waals surface area contributed by atoms with E-state index in [9.17, 15) is 13.2 Å². The summed E-state index contributed by atoms with van der Waals surface area (Å²) in [6.45, 7) is 10.5. The number of carbonyl (C=O) groups is 1. The van der Waals surface area contributed by atoms with Crippen LogP contribution in [-0.4, -0.2) is 56.0 Å². The highest BCUT2D eigenvalue weighted by molar-refractivity contribution is 7.89. The molecule has 0 aliphatic carbocycles. The zero-order chi connectivity index (χ0) is 28.0. The Morgan fingerprint density at radius 2 is 1.77 bits per heavy atom. The molecule has 1 aliphatic heterocycles. The van der Waals surface area contributed by atoms with Gasteiger partial charge in [-0.25, -0.2) is 13.4 Å². The SMILES string of the molecule is CCCCN(CCCC)S(=O)(=O)c1ccc(C(=O)N(CC2CCCO2)c2nc3c(C(C)C)cccc3s2)cc1. The Bertz CT molecular complexity index is 1340. The van der Waals surface area contributed by atoms with E-state index in [1.807, 2.05) is 12.1 Å². The van der Waals surface area contributed by atoms with Crippen LogP contribution in [0.25, 0.3) is 10.2 Å². The molecule has 0 N–H and O–H groups in total.